The lowest BCUT2D eigenvalue weighted by Crippen LogP contribution is -2.57. The van der Waals surface area contributed by atoms with Gasteiger partial charge in [0, 0.05) is 32.7 Å². The second-order valence-corrected chi connectivity index (χ2v) is 7.36. The molecule has 1 aliphatic carbocycles. The summed E-state index contributed by atoms with van der Waals surface area (Å²) in [5, 5.41) is 2.89. The number of benzene rings is 1. The van der Waals surface area contributed by atoms with E-state index in [0.717, 1.165) is 31.2 Å². The Balaban J connectivity index is 1.58. The van der Waals surface area contributed by atoms with E-state index in [9.17, 15) is 14.0 Å². The molecule has 1 aliphatic heterocycles. The topological polar surface area (TPSA) is 52.7 Å². The molecular formula is C20H28FN3O2. The van der Waals surface area contributed by atoms with Crippen molar-refractivity contribution in [1.29, 1.82) is 0 Å². The van der Waals surface area contributed by atoms with E-state index in [0.29, 0.717) is 39.3 Å². The highest BCUT2D eigenvalue weighted by Crippen LogP contribution is 2.45. The Morgan fingerprint density at radius 1 is 1.19 bits per heavy atom. The van der Waals surface area contributed by atoms with E-state index in [2.05, 4.69) is 10.2 Å². The summed E-state index contributed by atoms with van der Waals surface area (Å²) in [6.07, 6.45) is 3.50. The zero-order valence-electron chi connectivity index (χ0n) is 15.5. The minimum atomic E-state index is -0.553. The fraction of sp³-hybridized carbons (Fsp3) is 0.600. The minimum absolute atomic E-state index is 0.0434. The van der Waals surface area contributed by atoms with Gasteiger partial charge in [0.15, 0.2) is 0 Å². The van der Waals surface area contributed by atoms with Crippen LogP contribution in [0, 0.1) is 5.82 Å². The summed E-state index contributed by atoms with van der Waals surface area (Å²) in [5.41, 5.74) is 0.248. The van der Waals surface area contributed by atoms with Gasteiger partial charge in [-0.2, -0.15) is 0 Å². The molecule has 1 aromatic carbocycles. The Kier molecular flexibility index (Phi) is 5.91. The second-order valence-electron chi connectivity index (χ2n) is 7.36. The van der Waals surface area contributed by atoms with Crippen molar-refractivity contribution in [3.8, 4) is 0 Å². The van der Waals surface area contributed by atoms with Crippen molar-refractivity contribution < 1.29 is 14.0 Å². The van der Waals surface area contributed by atoms with Gasteiger partial charge in [-0.05, 0) is 37.0 Å². The molecule has 2 fully saturated rings. The summed E-state index contributed by atoms with van der Waals surface area (Å²) in [7, 11) is 0. The molecule has 1 saturated carbocycles. The average molecular weight is 361 g/mol. The van der Waals surface area contributed by atoms with Crippen LogP contribution >= 0.6 is 0 Å². The zero-order valence-corrected chi connectivity index (χ0v) is 15.5. The maximum atomic E-state index is 13.7. The third-order valence-electron chi connectivity index (χ3n) is 5.59. The van der Waals surface area contributed by atoms with Crippen LogP contribution in [-0.2, 0) is 15.0 Å². The molecule has 5 nitrogen and oxygen atoms in total. The molecular weight excluding hydrogens is 333 g/mol. The van der Waals surface area contributed by atoms with Gasteiger partial charge in [-0.25, -0.2) is 4.39 Å². The van der Waals surface area contributed by atoms with Gasteiger partial charge in [0.05, 0.1) is 12.0 Å². The number of carbonyl (C=O) groups excluding carboxylic acids is 2. The van der Waals surface area contributed by atoms with E-state index >= 15 is 0 Å². The Labute approximate surface area is 154 Å². The molecule has 1 saturated heterocycles. The maximum Gasteiger partial charge on any atom is 0.234 e. The quantitative estimate of drug-likeness (QED) is 0.842. The van der Waals surface area contributed by atoms with E-state index in [1.807, 2.05) is 17.9 Å². The van der Waals surface area contributed by atoms with Crippen LogP contribution in [0.4, 0.5) is 4.39 Å². The van der Waals surface area contributed by atoms with Crippen LogP contribution in [0.3, 0.4) is 0 Å². The highest BCUT2D eigenvalue weighted by atomic mass is 19.1. The fourth-order valence-corrected chi connectivity index (χ4v) is 3.88. The molecule has 0 spiro atoms. The number of hydrogen-bond donors (Lipinski definition) is 1. The molecule has 1 heterocycles. The molecule has 2 amide bonds. The van der Waals surface area contributed by atoms with Gasteiger partial charge >= 0.3 is 0 Å². The highest BCUT2D eigenvalue weighted by Gasteiger charge is 2.48. The first-order chi connectivity index (χ1) is 12.5. The maximum absolute atomic E-state index is 13.7. The van der Waals surface area contributed by atoms with Crippen molar-refractivity contribution >= 4 is 11.8 Å². The zero-order chi connectivity index (χ0) is 18.6. The SMILES string of the molecule is CCCNC(=O)CN1CCN(C(=O)C2(c3cccc(F)c3)CCC2)CC1. The summed E-state index contributed by atoms with van der Waals surface area (Å²) in [6, 6.07) is 6.48. The smallest absolute Gasteiger partial charge is 0.234 e. The van der Waals surface area contributed by atoms with Crippen molar-refractivity contribution in [1.82, 2.24) is 15.1 Å². The molecule has 142 valence electrons. The number of rotatable bonds is 6. The van der Waals surface area contributed by atoms with Gasteiger partial charge in [0.25, 0.3) is 0 Å². The lowest BCUT2D eigenvalue weighted by molar-refractivity contribution is -0.142. The summed E-state index contributed by atoms with van der Waals surface area (Å²) in [4.78, 5) is 29.0. The standard InChI is InChI=1S/C20H28FN3O2/c1-2-9-22-18(25)15-23-10-12-24(13-11-23)19(26)20(7-4-8-20)16-5-3-6-17(21)14-16/h3,5-6,14H,2,4,7-13,15H2,1H3,(H,22,25). The van der Waals surface area contributed by atoms with Crippen molar-refractivity contribution in [2.75, 3.05) is 39.3 Å². The third-order valence-corrected chi connectivity index (χ3v) is 5.59. The Bertz CT molecular complexity index is 652. The van der Waals surface area contributed by atoms with Crippen LogP contribution in [0.1, 0.15) is 38.2 Å². The monoisotopic (exact) mass is 361 g/mol. The first kappa shape index (κ1) is 18.8. The van der Waals surface area contributed by atoms with E-state index in [1.54, 1.807) is 6.07 Å². The van der Waals surface area contributed by atoms with Gasteiger partial charge in [0.1, 0.15) is 5.82 Å². The molecule has 0 atom stereocenters. The number of piperazine rings is 1. The molecule has 26 heavy (non-hydrogen) atoms. The van der Waals surface area contributed by atoms with E-state index in [4.69, 9.17) is 0 Å². The average Bonchev–Trinajstić information content (AvgIpc) is 2.60. The van der Waals surface area contributed by atoms with Gasteiger partial charge in [-0.1, -0.05) is 25.5 Å². The second kappa shape index (κ2) is 8.16. The van der Waals surface area contributed by atoms with Crippen molar-refractivity contribution in [3.05, 3.63) is 35.6 Å². The predicted octanol–water partition coefficient (Wildman–Crippen LogP) is 1.92. The van der Waals surface area contributed by atoms with E-state index < -0.39 is 5.41 Å². The molecule has 0 unspecified atom stereocenters. The number of nitrogens with zero attached hydrogens (tertiary/aromatic N) is 2. The van der Waals surface area contributed by atoms with Crippen LogP contribution in [-0.4, -0.2) is 60.9 Å². The molecule has 3 rings (SSSR count). The van der Waals surface area contributed by atoms with Crippen LogP contribution in [0.15, 0.2) is 24.3 Å². The van der Waals surface area contributed by atoms with Crippen LogP contribution in [0.2, 0.25) is 0 Å². The van der Waals surface area contributed by atoms with Gasteiger partial charge in [0.2, 0.25) is 11.8 Å². The Morgan fingerprint density at radius 2 is 1.92 bits per heavy atom. The summed E-state index contributed by atoms with van der Waals surface area (Å²) < 4.78 is 13.7. The minimum Gasteiger partial charge on any atom is -0.355 e. The van der Waals surface area contributed by atoms with Crippen molar-refractivity contribution in [2.45, 2.75) is 38.0 Å². The number of nitrogens with one attached hydrogen (secondary N) is 1. The first-order valence-electron chi connectivity index (χ1n) is 9.59. The third kappa shape index (κ3) is 3.90. The van der Waals surface area contributed by atoms with Gasteiger partial charge < -0.3 is 10.2 Å². The highest BCUT2D eigenvalue weighted by molar-refractivity contribution is 5.89. The molecule has 0 bridgehead atoms. The van der Waals surface area contributed by atoms with Crippen LogP contribution in [0.5, 0.6) is 0 Å². The van der Waals surface area contributed by atoms with Crippen molar-refractivity contribution in [3.63, 3.8) is 0 Å². The fourth-order valence-electron chi connectivity index (χ4n) is 3.88. The summed E-state index contributed by atoms with van der Waals surface area (Å²) in [6.45, 7) is 5.76. The molecule has 6 heteroatoms. The number of amides is 2. The number of hydrogen-bond acceptors (Lipinski definition) is 3. The number of carbonyl (C=O) groups is 2. The van der Waals surface area contributed by atoms with Gasteiger partial charge in [-0.15, -0.1) is 0 Å². The molecule has 1 N–H and O–H groups in total. The number of halogens is 1. The van der Waals surface area contributed by atoms with Crippen LogP contribution in [0.25, 0.3) is 0 Å². The largest absolute Gasteiger partial charge is 0.355 e. The molecule has 1 aromatic rings. The van der Waals surface area contributed by atoms with Crippen molar-refractivity contribution in [2.24, 2.45) is 0 Å². The predicted molar refractivity (Wildman–Crippen MR) is 98.2 cm³/mol. The lowest BCUT2D eigenvalue weighted by Gasteiger charge is -2.46. The normalized spacial score (nSPS) is 19.7. The van der Waals surface area contributed by atoms with E-state index in [-0.39, 0.29) is 17.6 Å². The summed E-state index contributed by atoms with van der Waals surface area (Å²) in [5.74, 6) is -0.129. The Morgan fingerprint density at radius 3 is 2.50 bits per heavy atom. The lowest BCUT2D eigenvalue weighted by atomic mass is 9.63. The van der Waals surface area contributed by atoms with Crippen LogP contribution < -0.4 is 5.32 Å². The first-order valence-corrected chi connectivity index (χ1v) is 9.59. The molecule has 0 radical (unpaired) electrons. The summed E-state index contributed by atoms with van der Waals surface area (Å²) >= 11 is 0. The molecule has 0 aromatic heterocycles. The van der Waals surface area contributed by atoms with Gasteiger partial charge in [-0.3, -0.25) is 14.5 Å². The van der Waals surface area contributed by atoms with E-state index in [1.165, 1.54) is 12.1 Å². The Hall–Kier alpha value is -1.95. The molecule has 2 aliphatic rings.